The van der Waals surface area contributed by atoms with E-state index in [1.165, 1.54) is 6.07 Å². The van der Waals surface area contributed by atoms with Gasteiger partial charge in [-0.2, -0.15) is 18.2 Å². The number of hydrogen-bond donors (Lipinski definition) is 3. The summed E-state index contributed by atoms with van der Waals surface area (Å²) >= 11 is 0. The summed E-state index contributed by atoms with van der Waals surface area (Å²) in [7, 11) is 2.09. The summed E-state index contributed by atoms with van der Waals surface area (Å²) in [6, 6.07) is 13.9. The number of aromatic nitrogens is 2. The minimum atomic E-state index is -4.67. The monoisotopic (exact) mass is 497 g/mol. The van der Waals surface area contributed by atoms with Gasteiger partial charge in [-0.1, -0.05) is 12.6 Å². The van der Waals surface area contributed by atoms with Crippen LogP contribution in [0.15, 0.2) is 67.4 Å². The van der Waals surface area contributed by atoms with Crippen molar-refractivity contribution < 1.29 is 18.0 Å². The molecule has 2 aromatic carbocycles. The minimum absolute atomic E-state index is 0.00830. The Hall–Kier alpha value is -4.12. The van der Waals surface area contributed by atoms with E-state index >= 15 is 0 Å². The molecule has 2 heterocycles. The van der Waals surface area contributed by atoms with Crippen molar-refractivity contribution in [3.05, 3.63) is 72.9 Å². The lowest BCUT2D eigenvalue weighted by Gasteiger charge is -2.34. The zero-order valence-corrected chi connectivity index (χ0v) is 19.6. The fourth-order valence-corrected chi connectivity index (χ4v) is 3.70. The second-order valence-electron chi connectivity index (χ2n) is 8.32. The highest BCUT2D eigenvalue weighted by molar-refractivity contribution is 5.99. The first-order valence-electron chi connectivity index (χ1n) is 11.3. The maximum Gasteiger partial charge on any atom is 0.421 e. The minimum Gasteiger partial charge on any atom is -0.369 e. The molecule has 1 fully saturated rings. The van der Waals surface area contributed by atoms with Crippen LogP contribution in [0.25, 0.3) is 0 Å². The lowest BCUT2D eigenvalue weighted by atomic mass is 10.2. The number of benzene rings is 2. The van der Waals surface area contributed by atoms with E-state index < -0.39 is 23.5 Å². The topological polar surface area (TPSA) is 85.4 Å². The number of carbonyl (C=O) groups is 1. The van der Waals surface area contributed by atoms with Gasteiger partial charge in [0.25, 0.3) is 0 Å². The van der Waals surface area contributed by atoms with Gasteiger partial charge in [-0.05, 0) is 55.6 Å². The van der Waals surface area contributed by atoms with Crippen molar-refractivity contribution >= 4 is 40.4 Å². The van der Waals surface area contributed by atoms with Crippen LogP contribution < -0.4 is 20.9 Å². The van der Waals surface area contributed by atoms with Gasteiger partial charge in [0.2, 0.25) is 11.9 Å². The summed E-state index contributed by atoms with van der Waals surface area (Å²) in [5.74, 6) is -0.842. The molecule has 1 aliphatic rings. The van der Waals surface area contributed by atoms with E-state index in [-0.39, 0.29) is 5.95 Å². The number of halogens is 3. The van der Waals surface area contributed by atoms with Crippen molar-refractivity contribution in [1.29, 1.82) is 0 Å². The second kappa shape index (κ2) is 10.6. The fourth-order valence-electron chi connectivity index (χ4n) is 3.70. The van der Waals surface area contributed by atoms with E-state index in [0.29, 0.717) is 17.1 Å². The van der Waals surface area contributed by atoms with Crippen molar-refractivity contribution in [2.75, 3.05) is 54.1 Å². The molecule has 0 spiro atoms. The molecule has 4 rings (SSSR count). The number of alkyl halides is 3. The summed E-state index contributed by atoms with van der Waals surface area (Å²) in [6.07, 6.45) is -2.83. The van der Waals surface area contributed by atoms with E-state index in [0.717, 1.165) is 44.1 Å². The van der Waals surface area contributed by atoms with Gasteiger partial charge in [-0.25, -0.2) is 4.98 Å². The number of anilines is 6. The van der Waals surface area contributed by atoms with Crippen molar-refractivity contribution in [3.63, 3.8) is 0 Å². The Bertz CT molecular complexity index is 1220. The zero-order chi connectivity index (χ0) is 25.7. The van der Waals surface area contributed by atoms with Crippen LogP contribution in [0, 0.1) is 0 Å². The molecule has 0 aliphatic carbocycles. The molecular formula is C25H26F3N7O. The van der Waals surface area contributed by atoms with Crippen LogP contribution in [0.2, 0.25) is 0 Å². The summed E-state index contributed by atoms with van der Waals surface area (Å²) < 4.78 is 40.9. The Balaban J connectivity index is 1.53. The van der Waals surface area contributed by atoms with Gasteiger partial charge in [0.15, 0.2) is 0 Å². The molecule has 0 radical (unpaired) electrons. The molecule has 0 saturated carbocycles. The maximum absolute atomic E-state index is 13.6. The Kier molecular flexibility index (Phi) is 7.39. The Morgan fingerprint density at radius 3 is 2.36 bits per heavy atom. The van der Waals surface area contributed by atoms with Crippen LogP contribution in [0.5, 0.6) is 0 Å². The predicted octanol–water partition coefficient (Wildman–Crippen LogP) is 4.86. The molecule has 8 nitrogen and oxygen atoms in total. The van der Waals surface area contributed by atoms with Crippen molar-refractivity contribution in [1.82, 2.24) is 14.9 Å². The van der Waals surface area contributed by atoms with E-state index in [4.69, 9.17) is 0 Å². The lowest BCUT2D eigenvalue weighted by Crippen LogP contribution is -2.44. The van der Waals surface area contributed by atoms with Gasteiger partial charge < -0.3 is 25.8 Å². The number of piperazine rings is 1. The largest absolute Gasteiger partial charge is 0.421 e. The SMILES string of the molecule is C=CC(=O)Nc1cccc(Nc2nc(Nc3ccc(N4CCN(C)CC4)cc3)ncc2C(F)(F)F)c1. The quantitative estimate of drug-likeness (QED) is 0.402. The number of nitrogens with one attached hydrogen (secondary N) is 3. The molecule has 3 aromatic rings. The third-order valence-corrected chi connectivity index (χ3v) is 5.66. The first-order valence-corrected chi connectivity index (χ1v) is 11.3. The Labute approximate surface area is 206 Å². The normalized spacial score (nSPS) is 14.3. The molecule has 0 bridgehead atoms. The third kappa shape index (κ3) is 6.30. The number of rotatable bonds is 7. The van der Waals surface area contributed by atoms with Crippen LogP contribution in [-0.2, 0) is 11.0 Å². The first kappa shape index (κ1) is 25.0. The average molecular weight is 498 g/mol. The van der Waals surface area contributed by atoms with Gasteiger partial charge in [0.1, 0.15) is 11.4 Å². The highest BCUT2D eigenvalue weighted by Crippen LogP contribution is 2.35. The summed E-state index contributed by atoms with van der Waals surface area (Å²) in [5, 5.41) is 8.23. The third-order valence-electron chi connectivity index (χ3n) is 5.66. The number of carbonyl (C=O) groups excluding carboxylic acids is 1. The predicted molar refractivity (Wildman–Crippen MR) is 135 cm³/mol. The molecular weight excluding hydrogens is 471 g/mol. The maximum atomic E-state index is 13.6. The van der Waals surface area contributed by atoms with Crippen LogP contribution in [0.1, 0.15) is 5.56 Å². The van der Waals surface area contributed by atoms with E-state index in [2.05, 4.69) is 49.3 Å². The molecule has 0 atom stereocenters. The van der Waals surface area contributed by atoms with Crippen molar-refractivity contribution in [3.8, 4) is 0 Å². The molecule has 3 N–H and O–H groups in total. The molecule has 1 saturated heterocycles. The fraction of sp³-hybridized carbons (Fsp3) is 0.240. The molecule has 36 heavy (non-hydrogen) atoms. The van der Waals surface area contributed by atoms with Gasteiger partial charge in [-0.3, -0.25) is 4.79 Å². The first-order chi connectivity index (χ1) is 17.2. The van der Waals surface area contributed by atoms with Crippen LogP contribution in [0.4, 0.5) is 47.7 Å². The second-order valence-corrected chi connectivity index (χ2v) is 8.32. The molecule has 1 amide bonds. The van der Waals surface area contributed by atoms with E-state index in [9.17, 15) is 18.0 Å². The highest BCUT2D eigenvalue weighted by Gasteiger charge is 2.35. The number of nitrogens with zero attached hydrogens (tertiary/aromatic N) is 4. The number of likely N-dealkylation sites (N-methyl/N-ethyl adjacent to an activating group) is 1. The van der Waals surface area contributed by atoms with Crippen molar-refractivity contribution in [2.45, 2.75) is 6.18 Å². The van der Waals surface area contributed by atoms with Gasteiger partial charge in [-0.15, -0.1) is 0 Å². The lowest BCUT2D eigenvalue weighted by molar-refractivity contribution is -0.137. The van der Waals surface area contributed by atoms with Crippen molar-refractivity contribution in [2.24, 2.45) is 0 Å². The van der Waals surface area contributed by atoms with E-state index in [1.54, 1.807) is 18.2 Å². The number of amides is 1. The van der Waals surface area contributed by atoms with Gasteiger partial charge >= 0.3 is 6.18 Å². The highest BCUT2D eigenvalue weighted by atomic mass is 19.4. The Morgan fingerprint density at radius 1 is 1.00 bits per heavy atom. The van der Waals surface area contributed by atoms with Crippen LogP contribution >= 0.6 is 0 Å². The van der Waals surface area contributed by atoms with Gasteiger partial charge in [0.05, 0.1) is 0 Å². The molecule has 188 valence electrons. The van der Waals surface area contributed by atoms with E-state index in [1.807, 2.05) is 24.3 Å². The molecule has 1 aliphatic heterocycles. The standard InChI is InChI=1S/C25H26F3N7O/c1-3-22(36)30-18-5-4-6-19(15-18)31-23-21(25(26,27)28)16-29-24(33-23)32-17-7-9-20(10-8-17)35-13-11-34(2)12-14-35/h3-10,15-16H,1,11-14H2,2H3,(H,30,36)(H2,29,31,32,33). The summed E-state index contributed by atoms with van der Waals surface area (Å²) in [5.41, 5.74) is 1.41. The Morgan fingerprint density at radius 2 is 1.69 bits per heavy atom. The summed E-state index contributed by atoms with van der Waals surface area (Å²) in [4.78, 5) is 24.1. The average Bonchev–Trinajstić information content (AvgIpc) is 2.85. The van der Waals surface area contributed by atoms with Crippen LogP contribution in [0.3, 0.4) is 0 Å². The van der Waals surface area contributed by atoms with Gasteiger partial charge in [0, 0.05) is 55.1 Å². The molecule has 0 unspecified atom stereocenters. The molecule has 11 heteroatoms. The van der Waals surface area contributed by atoms with Crippen LogP contribution in [-0.4, -0.2) is 54.0 Å². The summed E-state index contributed by atoms with van der Waals surface area (Å²) in [6.45, 7) is 7.21. The number of hydrogen-bond acceptors (Lipinski definition) is 7. The smallest absolute Gasteiger partial charge is 0.369 e. The molecule has 1 aromatic heterocycles. The zero-order valence-electron chi connectivity index (χ0n) is 19.6.